The Morgan fingerprint density at radius 1 is 1.30 bits per heavy atom. The number of aromatic nitrogens is 1. The van der Waals surface area contributed by atoms with E-state index in [0.29, 0.717) is 24.1 Å². The number of rotatable bonds is 4. The minimum atomic E-state index is -0.568. The molecule has 1 heterocycles. The highest BCUT2D eigenvalue weighted by molar-refractivity contribution is 6.23. The number of hydrogen-bond donors (Lipinski definition) is 2. The SMILES string of the molecule is COC1=CC(=O)c2c(CCNC(=O)OC(C)(C)C)c[nH]c2C1=O. The molecule has 0 spiro atoms. The van der Waals surface area contributed by atoms with Gasteiger partial charge < -0.3 is 19.8 Å². The fourth-order valence-corrected chi connectivity index (χ4v) is 2.27. The molecule has 0 atom stereocenters. The molecule has 1 aliphatic carbocycles. The number of alkyl carbamates (subject to hydrolysis) is 1. The van der Waals surface area contributed by atoms with Gasteiger partial charge in [-0.2, -0.15) is 0 Å². The van der Waals surface area contributed by atoms with Gasteiger partial charge in [-0.25, -0.2) is 4.79 Å². The Balaban J connectivity index is 2.02. The number of allylic oxidation sites excluding steroid dienone is 2. The molecule has 0 aliphatic heterocycles. The third kappa shape index (κ3) is 3.80. The molecule has 0 saturated heterocycles. The van der Waals surface area contributed by atoms with Gasteiger partial charge in [0.15, 0.2) is 11.5 Å². The van der Waals surface area contributed by atoms with Crippen LogP contribution < -0.4 is 5.32 Å². The average Bonchev–Trinajstić information content (AvgIpc) is 2.85. The van der Waals surface area contributed by atoms with Crippen LogP contribution in [0.1, 0.15) is 47.2 Å². The largest absolute Gasteiger partial charge is 0.492 e. The molecule has 0 unspecified atom stereocenters. The summed E-state index contributed by atoms with van der Waals surface area (Å²) in [5.41, 5.74) is 0.658. The first kappa shape index (κ1) is 16.8. The predicted octanol–water partition coefficient (Wildman–Crippen LogP) is 1.99. The molecule has 0 saturated carbocycles. The van der Waals surface area contributed by atoms with Gasteiger partial charge in [-0.3, -0.25) is 9.59 Å². The van der Waals surface area contributed by atoms with Crippen LogP contribution in [-0.4, -0.2) is 41.9 Å². The molecular formula is C16H20N2O5. The summed E-state index contributed by atoms with van der Waals surface area (Å²) in [5, 5.41) is 2.62. The minimum absolute atomic E-state index is 0.0165. The quantitative estimate of drug-likeness (QED) is 0.884. The van der Waals surface area contributed by atoms with Crippen LogP contribution in [-0.2, 0) is 15.9 Å². The number of hydrogen-bond acceptors (Lipinski definition) is 5. The Hall–Kier alpha value is -2.57. The summed E-state index contributed by atoms with van der Waals surface area (Å²) in [5.74, 6) is -0.624. The minimum Gasteiger partial charge on any atom is -0.492 e. The number of fused-ring (bicyclic) bond motifs is 1. The van der Waals surface area contributed by atoms with Crippen LogP contribution in [0.3, 0.4) is 0 Å². The zero-order valence-electron chi connectivity index (χ0n) is 13.6. The lowest BCUT2D eigenvalue weighted by Crippen LogP contribution is -2.33. The summed E-state index contributed by atoms with van der Waals surface area (Å²) in [7, 11) is 1.34. The van der Waals surface area contributed by atoms with Crippen molar-refractivity contribution in [3.63, 3.8) is 0 Å². The van der Waals surface area contributed by atoms with Gasteiger partial charge in [-0.05, 0) is 32.8 Å². The van der Waals surface area contributed by atoms with Gasteiger partial charge in [0.05, 0.1) is 12.7 Å². The number of H-pyrrole nitrogens is 1. The van der Waals surface area contributed by atoms with Crippen LogP contribution in [0.5, 0.6) is 0 Å². The molecule has 0 aromatic carbocycles. The van der Waals surface area contributed by atoms with E-state index >= 15 is 0 Å². The van der Waals surface area contributed by atoms with Crippen molar-refractivity contribution in [3.8, 4) is 0 Å². The molecule has 0 bridgehead atoms. The first-order chi connectivity index (χ1) is 10.7. The first-order valence-corrected chi connectivity index (χ1v) is 7.24. The summed E-state index contributed by atoms with van der Waals surface area (Å²) in [6.45, 7) is 5.62. The lowest BCUT2D eigenvalue weighted by atomic mass is 9.96. The van der Waals surface area contributed by atoms with E-state index in [4.69, 9.17) is 9.47 Å². The Morgan fingerprint density at radius 2 is 2.00 bits per heavy atom. The number of ether oxygens (including phenoxy) is 2. The zero-order chi connectivity index (χ0) is 17.2. The van der Waals surface area contributed by atoms with Gasteiger partial charge in [-0.1, -0.05) is 0 Å². The Kier molecular flexibility index (Phi) is 4.58. The normalized spacial score (nSPS) is 14.2. The topological polar surface area (TPSA) is 97.5 Å². The fourth-order valence-electron chi connectivity index (χ4n) is 2.27. The second-order valence-corrected chi connectivity index (χ2v) is 6.15. The number of amides is 1. The lowest BCUT2D eigenvalue weighted by Gasteiger charge is -2.19. The third-order valence-corrected chi connectivity index (χ3v) is 3.20. The second-order valence-electron chi connectivity index (χ2n) is 6.15. The Bertz CT molecular complexity index is 679. The second kappa shape index (κ2) is 6.28. The van der Waals surface area contributed by atoms with Crippen molar-refractivity contribution in [1.82, 2.24) is 10.3 Å². The molecule has 1 aromatic heterocycles. The number of aromatic amines is 1. The van der Waals surface area contributed by atoms with E-state index in [1.807, 2.05) is 0 Å². The molecule has 2 rings (SSSR count). The number of carbonyl (C=O) groups excluding carboxylic acids is 3. The highest BCUT2D eigenvalue weighted by atomic mass is 16.6. The number of nitrogens with one attached hydrogen (secondary N) is 2. The van der Waals surface area contributed by atoms with E-state index in [2.05, 4.69) is 10.3 Å². The average molecular weight is 320 g/mol. The molecule has 1 aliphatic rings. The maximum absolute atomic E-state index is 12.1. The van der Waals surface area contributed by atoms with Crippen LogP contribution in [0, 0.1) is 0 Å². The highest BCUT2D eigenvalue weighted by Gasteiger charge is 2.30. The summed E-state index contributed by atoms with van der Waals surface area (Å²) < 4.78 is 10.0. The van der Waals surface area contributed by atoms with Gasteiger partial charge in [0.2, 0.25) is 5.78 Å². The number of ketones is 2. The summed E-state index contributed by atoms with van der Waals surface area (Å²) in [6, 6.07) is 0. The molecule has 0 radical (unpaired) electrons. The van der Waals surface area contributed by atoms with Crippen LogP contribution in [0.25, 0.3) is 0 Å². The molecule has 1 aromatic rings. The van der Waals surface area contributed by atoms with Gasteiger partial charge in [0, 0.05) is 18.8 Å². The maximum atomic E-state index is 12.1. The summed E-state index contributed by atoms with van der Waals surface area (Å²) in [6.07, 6.45) is 2.67. The van der Waals surface area contributed by atoms with Crippen molar-refractivity contribution in [2.75, 3.05) is 13.7 Å². The molecule has 0 fully saturated rings. The van der Waals surface area contributed by atoms with E-state index in [1.54, 1.807) is 27.0 Å². The zero-order valence-corrected chi connectivity index (χ0v) is 13.6. The molecule has 124 valence electrons. The number of carbonyl (C=O) groups is 3. The molecule has 23 heavy (non-hydrogen) atoms. The monoisotopic (exact) mass is 320 g/mol. The van der Waals surface area contributed by atoms with Gasteiger partial charge in [0.1, 0.15) is 11.3 Å². The van der Waals surface area contributed by atoms with Gasteiger partial charge in [-0.15, -0.1) is 0 Å². The summed E-state index contributed by atoms with van der Waals surface area (Å²) >= 11 is 0. The lowest BCUT2D eigenvalue weighted by molar-refractivity contribution is 0.0528. The smallest absolute Gasteiger partial charge is 0.407 e. The Morgan fingerprint density at radius 3 is 2.61 bits per heavy atom. The molecule has 7 nitrogen and oxygen atoms in total. The van der Waals surface area contributed by atoms with Crippen molar-refractivity contribution >= 4 is 17.7 Å². The summed E-state index contributed by atoms with van der Waals surface area (Å²) in [4.78, 5) is 38.6. The van der Waals surface area contributed by atoms with E-state index < -0.39 is 11.7 Å². The Labute approximate surface area is 134 Å². The van der Waals surface area contributed by atoms with Crippen LogP contribution in [0.2, 0.25) is 0 Å². The van der Waals surface area contributed by atoms with E-state index in [1.165, 1.54) is 13.2 Å². The molecular weight excluding hydrogens is 300 g/mol. The third-order valence-electron chi connectivity index (χ3n) is 3.20. The molecule has 1 amide bonds. The number of Topliss-reactive ketones (excluding diaryl/α,β-unsaturated/α-hetero) is 1. The van der Waals surface area contributed by atoms with Crippen molar-refractivity contribution in [2.45, 2.75) is 32.8 Å². The van der Waals surface area contributed by atoms with Crippen molar-refractivity contribution in [1.29, 1.82) is 0 Å². The number of methoxy groups -OCH3 is 1. The molecule has 2 N–H and O–H groups in total. The molecule has 7 heteroatoms. The highest BCUT2D eigenvalue weighted by Crippen LogP contribution is 2.24. The standard InChI is InChI=1S/C16H20N2O5/c1-16(2,3)23-15(21)17-6-5-9-8-18-13-12(9)10(19)7-11(22-4)14(13)20/h7-8,18H,5-6H2,1-4H3,(H,17,21). The van der Waals surface area contributed by atoms with Crippen molar-refractivity contribution in [2.24, 2.45) is 0 Å². The van der Waals surface area contributed by atoms with E-state index in [9.17, 15) is 14.4 Å². The van der Waals surface area contributed by atoms with Gasteiger partial charge >= 0.3 is 6.09 Å². The van der Waals surface area contributed by atoms with Crippen LogP contribution >= 0.6 is 0 Å². The fraction of sp³-hybridized carbons (Fsp3) is 0.438. The van der Waals surface area contributed by atoms with Crippen molar-refractivity contribution in [3.05, 3.63) is 34.9 Å². The predicted molar refractivity (Wildman–Crippen MR) is 82.5 cm³/mol. The van der Waals surface area contributed by atoms with E-state index in [-0.39, 0.29) is 23.0 Å². The first-order valence-electron chi connectivity index (χ1n) is 7.24. The van der Waals surface area contributed by atoms with Crippen LogP contribution in [0.15, 0.2) is 18.0 Å². The maximum Gasteiger partial charge on any atom is 0.407 e. The van der Waals surface area contributed by atoms with Gasteiger partial charge in [0.25, 0.3) is 0 Å². The van der Waals surface area contributed by atoms with Crippen LogP contribution in [0.4, 0.5) is 4.79 Å². The van der Waals surface area contributed by atoms with Crippen molar-refractivity contribution < 1.29 is 23.9 Å². The van der Waals surface area contributed by atoms with E-state index in [0.717, 1.165) is 0 Å².